The second-order valence-corrected chi connectivity index (χ2v) is 6.68. The van der Waals surface area contributed by atoms with Gasteiger partial charge in [-0.3, -0.25) is 10.1 Å². The zero-order valence-electron chi connectivity index (χ0n) is 13.3. The zero-order chi connectivity index (χ0) is 16.9. The molecule has 126 valence electrons. The molecule has 1 heterocycles. The Morgan fingerprint density at radius 2 is 2.04 bits per heavy atom. The molecule has 0 saturated carbocycles. The van der Waals surface area contributed by atoms with E-state index in [0.29, 0.717) is 31.1 Å². The van der Waals surface area contributed by atoms with Crippen LogP contribution in [0.1, 0.15) is 23.7 Å². The van der Waals surface area contributed by atoms with Crippen LogP contribution in [0.3, 0.4) is 0 Å². The Kier molecular flexibility index (Phi) is 5.57. The summed E-state index contributed by atoms with van der Waals surface area (Å²) in [7, 11) is 1.62. The number of carbonyl (C=O) groups is 1. The molecule has 2 aromatic carbocycles. The van der Waals surface area contributed by atoms with E-state index in [9.17, 15) is 4.79 Å². The van der Waals surface area contributed by atoms with Gasteiger partial charge in [-0.1, -0.05) is 30.3 Å². The smallest absolute Gasteiger partial charge is 0.222 e. The number of halogens is 1. The molecule has 0 aliphatic carbocycles. The molecule has 5 nitrogen and oxygen atoms in total. The van der Waals surface area contributed by atoms with Gasteiger partial charge in [-0.05, 0) is 45.9 Å². The van der Waals surface area contributed by atoms with Crippen molar-refractivity contribution in [1.29, 1.82) is 0 Å². The fraction of sp³-hybridized carbons (Fsp3) is 0.278. The highest BCUT2D eigenvalue weighted by molar-refractivity contribution is 14.1. The number of hydrogen-bond donors (Lipinski definition) is 2. The molecule has 2 aromatic rings. The lowest BCUT2D eigenvalue weighted by atomic mass is 10.1. The molecule has 1 aliphatic heterocycles. The molecule has 1 saturated heterocycles. The molecule has 2 N–H and O–H groups in total. The average Bonchev–Trinajstić information content (AvgIpc) is 2.61. The van der Waals surface area contributed by atoms with Crippen LogP contribution in [0.4, 0.5) is 0 Å². The maximum Gasteiger partial charge on any atom is 0.222 e. The van der Waals surface area contributed by atoms with E-state index in [2.05, 4.69) is 33.2 Å². The molecule has 0 radical (unpaired) electrons. The maximum absolute atomic E-state index is 11.6. The summed E-state index contributed by atoms with van der Waals surface area (Å²) in [5.74, 6) is 1.43. The lowest BCUT2D eigenvalue weighted by molar-refractivity contribution is -0.123. The Hall–Kier alpha value is -1.80. The van der Waals surface area contributed by atoms with Crippen LogP contribution in [0.5, 0.6) is 11.5 Å². The molecular formula is C18H19IN2O3. The SMILES string of the molecule is COc1cc([C@H]2NCCC(=O)N2)cc(I)c1OCc1ccccc1. The summed E-state index contributed by atoms with van der Waals surface area (Å²) in [6.45, 7) is 1.15. The Bertz CT molecular complexity index is 722. The van der Waals surface area contributed by atoms with E-state index in [0.717, 1.165) is 14.7 Å². The van der Waals surface area contributed by atoms with Gasteiger partial charge < -0.3 is 14.8 Å². The molecule has 24 heavy (non-hydrogen) atoms. The summed E-state index contributed by atoms with van der Waals surface area (Å²) in [4.78, 5) is 11.6. The van der Waals surface area contributed by atoms with Crippen LogP contribution in [0.15, 0.2) is 42.5 Å². The van der Waals surface area contributed by atoms with Gasteiger partial charge in [0.05, 0.1) is 10.7 Å². The van der Waals surface area contributed by atoms with Crippen LogP contribution in [0, 0.1) is 3.57 Å². The van der Waals surface area contributed by atoms with Gasteiger partial charge in [0, 0.05) is 13.0 Å². The monoisotopic (exact) mass is 438 g/mol. The third kappa shape index (κ3) is 3.99. The number of benzene rings is 2. The largest absolute Gasteiger partial charge is 0.493 e. The van der Waals surface area contributed by atoms with Gasteiger partial charge in [0.1, 0.15) is 12.8 Å². The highest BCUT2D eigenvalue weighted by atomic mass is 127. The van der Waals surface area contributed by atoms with E-state index in [1.807, 2.05) is 42.5 Å². The van der Waals surface area contributed by atoms with E-state index in [1.165, 1.54) is 0 Å². The van der Waals surface area contributed by atoms with E-state index in [1.54, 1.807) is 7.11 Å². The first-order valence-electron chi connectivity index (χ1n) is 7.74. The highest BCUT2D eigenvalue weighted by Crippen LogP contribution is 2.36. The first-order chi connectivity index (χ1) is 11.7. The molecule has 6 heteroatoms. The molecule has 1 amide bonds. The average molecular weight is 438 g/mol. The summed E-state index contributed by atoms with van der Waals surface area (Å²) < 4.78 is 12.4. The molecule has 0 spiro atoms. The van der Waals surface area contributed by atoms with Crippen LogP contribution in [0.2, 0.25) is 0 Å². The van der Waals surface area contributed by atoms with Crippen LogP contribution >= 0.6 is 22.6 Å². The maximum atomic E-state index is 11.6. The molecule has 1 atom stereocenters. The fourth-order valence-electron chi connectivity index (χ4n) is 2.59. The summed E-state index contributed by atoms with van der Waals surface area (Å²) >= 11 is 2.23. The van der Waals surface area contributed by atoms with Gasteiger partial charge in [0.2, 0.25) is 5.91 Å². The van der Waals surface area contributed by atoms with Crippen LogP contribution in [0.25, 0.3) is 0 Å². The van der Waals surface area contributed by atoms with Gasteiger partial charge in [-0.25, -0.2) is 0 Å². The van der Waals surface area contributed by atoms with Gasteiger partial charge in [0.15, 0.2) is 11.5 Å². The predicted octanol–water partition coefficient (Wildman–Crippen LogP) is 2.99. The zero-order valence-corrected chi connectivity index (χ0v) is 15.5. The van der Waals surface area contributed by atoms with Crippen LogP contribution in [-0.2, 0) is 11.4 Å². The number of ether oxygens (including phenoxy) is 2. The molecule has 1 aliphatic rings. The summed E-state index contributed by atoms with van der Waals surface area (Å²) in [6, 6.07) is 13.9. The Labute approximate surface area is 154 Å². The first kappa shape index (κ1) is 17.0. The number of methoxy groups -OCH3 is 1. The standard InChI is InChI=1S/C18H19IN2O3/c1-23-15-10-13(18-20-8-7-16(22)21-18)9-14(19)17(15)24-11-12-5-3-2-4-6-12/h2-6,9-10,18,20H,7-8,11H2,1H3,(H,21,22)/t18-/m0/s1. The normalized spacial score (nSPS) is 17.2. The van der Waals surface area contributed by atoms with Crippen molar-refractivity contribution in [3.8, 4) is 11.5 Å². The van der Waals surface area contributed by atoms with Gasteiger partial charge in [0.25, 0.3) is 0 Å². The van der Waals surface area contributed by atoms with Gasteiger partial charge in [-0.2, -0.15) is 0 Å². The van der Waals surface area contributed by atoms with E-state index >= 15 is 0 Å². The summed E-state index contributed by atoms with van der Waals surface area (Å²) in [5, 5.41) is 6.23. The topological polar surface area (TPSA) is 59.6 Å². The van der Waals surface area contributed by atoms with Crippen molar-refractivity contribution < 1.29 is 14.3 Å². The van der Waals surface area contributed by atoms with Gasteiger partial charge in [-0.15, -0.1) is 0 Å². The minimum atomic E-state index is -0.197. The summed E-state index contributed by atoms with van der Waals surface area (Å²) in [6.07, 6.45) is 0.306. The van der Waals surface area contributed by atoms with Crippen molar-refractivity contribution in [2.24, 2.45) is 0 Å². The molecule has 3 rings (SSSR count). The van der Waals surface area contributed by atoms with Crippen LogP contribution in [-0.4, -0.2) is 19.6 Å². The highest BCUT2D eigenvalue weighted by Gasteiger charge is 2.22. The number of rotatable bonds is 5. The Morgan fingerprint density at radius 3 is 2.75 bits per heavy atom. The minimum absolute atomic E-state index is 0.0529. The number of carbonyl (C=O) groups excluding carboxylic acids is 1. The molecule has 0 bridgehead atoms. The molecule has 0 aromatic heterocycles. The van der Waals surface area contributed by atoms with E-state index in [-0.39, 0.29) is 12.1 Å². The van der Waals surface area contributed by atoms with Crippen molar-refractivity contribution in [2.75, 3.05) is 13.7 Å². The van der Waals surface area contributed by atoms with E-state index in [4.69, 9.17) is 9.47 Å². The second kappa shape index (κ2) is 7.85. The van der Waals surface area contributed by atoms with Crippen LogP contribution < -0.4 is 20.1 Å². The molecular weight excluding hydrogens is 419 g/mol. The number of amides is 1. The number of nitrogens with one attached hydrogen (secondary N) is 2. The number of hydrogen-bond acceptors (Lipinski definition) is 4. The fourth-order valence-corrected chi connectivity index (χ4v) is 3.37. The minimum Gasteiger partial charge on any atom is -0.493 e. The summed E-state index contributed by atoms with van der Waals surface area (Å²) in [5.41, 5.74) is 2.05. The predicted molar refractivity (Wildman–Crippen MR) is 100.0 cm³/mol. The second-order valence-electron chi connectivity index (χ2n) is 5.51. The third-order valence-electron chi connectivity index (χ3n) is 3.82. The van der Waals surface area contributed by atoms with Crippen molar-refractivity contribution >= 4 is 28.5 Å². The lowest BCUT2D eigenvalue weighted by Gasteiger charge is -2.26. The first-order valence-corrected chi connectivity index (χ1v) is 8.82. The van der Waals surface area contributed by atoms with Crippen molar-refractivity contribution in [3.05, 3.63) is 57.2 Å². The van der Waals surface area contributed by atoms with E-state index < -0.39 is 0 Å². The third-order valence-corrected chi connectivity index (χ3v) is 4.62. The molecule has 0 unspecified atom stereocenters. The van der Waals surface area contributed by atoms with Crippen molar-refractivity contribution in [3.63, 3.8) is 0 Å². The lowest BCUT2D eigenvalue weighted by Crippen LogP contribution is -2.44. The van der Waals surface area contributed by atoms with Crippen molar-refractivity contribution in [1.82, 2.24) is 10.6 Å². The Morgan fingerprint density at radius 1 is 1.25 bits per heavy atom. The Balaban J connectivity index is 1.81. The quantitative estimate of drug-likeness (QED) is 0.705. The van der Waals surface area contributed by atoms with Gasteiger partial charge >= 0.3 is 0 Å². The molecule has 1 fully saturated rings. The van der Waals surface area contributed by atoms with Crippen molar-refractivity contribution in [2.45, 2.75) is 19.2 Å².